The Hall–Kier alpha value is -3.60. The Kier molecular flexibility index (Phi) is 4.97. The second-order valence-electron chi connectivity index (χ2n) is 8.69. The van der Waals surface area contributed by atoms with Gasteiger partial charge in [-0.3, -0.25) is 4.79 Å². The molecule has 0 saturated heterocycles. The molecule has 5 rings (SSSR count). The lowest BCUT2D eigenvalue weighted by molar-refractivity contribution is -0.136. The minimum absolute atomic E-state index is 0.0259. The Balaban J connectivity index is 1.82. The monoisotopic (exact) mass is 428 g/mol. The maximum absolute atomic E-state index is 14.5. The number of aromatic nitrogens is 2. The van der Waals surface area contributed by atoms with Crippen LogP contribution in [-0.2, 0) is 17.6 Å². The first-order chi connectivity index (χ1) is 15.4. The van der Waals surface area contributed by atoms with E-state index >= 15 is 0 Å². The van der Waals surface area contributed by atoms with E-state index in [1.165, 1.54) is 17.2 Å². The van der Waals surface area contributed by atoms with E-state index in [4.69, 9.17) is 0 Å². The average molecular weight is 429 g/mol. The van der Waals surface area contributed by atoms with Gasteiger partial charge in [0.1, 0.15) is 5.82 Å². The molecule has 1 aliphatic carbocycles. The molecule has 0 unspecified atom stereocenters. The highest BCUT2D eigenvalue weighted by Gasteiger charge is 2.26. The number of aryl methyl sites for hydroxylation is 1. The third kappa shape index (κ3) is 3.34. The number of carbonyl (C=O) groups is 1. The highest BCUT2D eigenvalue weighted by Crippen LogP contribution is 2.44. The van der Waals surface area contributed by atoms with Crippen LogP contribution in [0.5, 0.6) is 0 Å². The van der Waals surface area contributed by atoms with Crippen LogP contribution in [0.3, 0.4) is 0 Å². The molecule has 4 aromatic rings. The number of fused-ring (bicyclic) bond motifs is 2. The maximum Gasteiger partial charge on any atom is 0.303 e. The number of halogens is 1. The molecule has 4 nitrogen and oxygen atoms in total. The summed E-state index contributed by atoms with van der Waals surface area (Å²) < 4.78 is 14.5. The van der Waals surface area contributed by atoms with Gasteiger partial charge in [-0.2, -0.15) is 0 Å². The number of carboxylic acid groups (broad SMARTS) is 1. The number of rotatable bonds is 6. The van der Waals surface area contributed by atoms with Crippen LogP contribution in [0.4, 0.5) is 4.39 Å². The fraction of sp³-hybridized carbons (Fsp3) is 0.222. The molecule has 2 heterocycles. The van der Waals surface area contributed by atoms with Crippen molar-refractivity contribution in [2.45, 2.75) is 39.0 Å². The number of hydrogen-bond donors (Lipinski definition) is 3. The number of allylic oxidation sites excluding steroid dienone is 1. The average Bonchev–Trinajstić information content (AvgIpc) is 3.48. The molecule has 0 atom stereocenters. The molecule has 2 aromatic carbocycles. The second kappa shape index (κ2) is 7.83. The molecule has 0 spiro atoms. The van der Waals surface area contributed by atoms with E-state index in [0.29, 0.717) is 6.42 Å². The largest absolute Gasteiger partial charge is 0.481 e. The first kappa shape index (κ1) is 20.3. The minimum Gasteiger partial charge on any atom is -0.481 e. The Morgan fingerprint density at radius 2 is 2.03 bits per heavy atom. The van der Waals surface area contributed by atoms with Gasteiger partial charge in [0.2, 0.25) is 0 Å². The van der Waals surface area contributed by atoms with Crippen molar-refractivity contribution < 1.29 is 14.3 Å². The minimum atomic E-state index is -0.838. The van der Waals surface area contributed by atoms with Gasteiger partial charge < -0.3 is 15.1 Å². The summed E-state index contributed by atoms with van der Waals surface area (Å²) in [6.45, 7) is 4.26. The smallest absolute Gasteiger partial charge is 0.303 e. The van der Waals surface area contributed by atoms with Gasteiger partial charge >= 0.3 is 5.97 Å². The van der Waals surface area contributed by atoms with E-state index in [1.54, 1.807) is 6.07 Å². The maximum atomic E-state index is 14.5. The summed E-state index contributed by atoms with van der Waals surface area (Å²) >= 11 is 0. The zero-order valence-electron chi connectivity index (χ0n) is 18.1. The van der Waals surface area contributed by atoms with E-state index in [1.807, 2.05) is 12.3 Å². The van der Waals surface area contributed by atoms with Crippen molar-refractivity contribution >= 4 is 22.9 Å². The molecule has 162 valence electrons. The third-order valence-electron chi connectivity index (χ3n) is 6.27. The Labute approximate surface area is 185 Å². The number of nitrogens with one attached hydrogen (secondary N) is 2. The molecule has 0 aliphatic heterocycles. The van der Waals surface area contributed by atoms with Gasteiger partial charge in [-0.1, -0.05) is 44.2 Å². The highest BCUT2D eigenvalue weighted by molar-refractivity contribution is 5.97. The van der Waals surface area contributed by atoms with Gasteiger partial charge in [-0.05, 0) is 59.2 Å². The van der Waals surface area contributed by atoms with E-state index in [-0.39, 0.29) is 18.2 Å². The molecular formula is C27H25FN2O2. The molecule has 32 heavy (non-hydrogen) atoms. The summed E-state index contributed by atoms with van der Waals surface area (Å²) in [5.41, 5.74) is 8.96. The molecule has 1 aliphatic rings. The first-order valence-corrected chi connectivity index (χ1v) is 11.0. The van der Waals surface area contributed by atoms with Gasteiger partial charge in [-0.25, -0.2) is 4.39 Å². The summed E-state index contributed by atoms with van der Waals surface area (Å²) in [5, 5.41) is 10.3. The van der Waals surface area contributed by atoms with E-state index in [0.717, 1.165) is 51.0 Å². The van der Waals surface area contributed by atoms with Crippen molar-refractivity contribution in [2.24, 2.45) is 0 Å². The molecule has 5 heteroatoms. The molecule has 3 N–H and O–H groups in total. The Bertz CT molecular complexity index is 1370. The van der Waals surface area contributed by atoms with Crippen molar-refractivity contribution in [2.75, 3.05) is 0 Å². The van der Waals surface area contributed by atoms with Crippen LogP contribution in [0, 0.1) is 5.82 Å². The standard InChI is InChI=1S/C27H25FN2O2/c1-15(2)25-26(20-8-4-6-16-5-3-7-18(16)20)22(9-10-24(31)32)30-27(25)21-13-17(28)14-23-19(21)11-12-29-23/h3-4,6-8,11-15,29-30H,5,9-10H2,1-2H3,(H,31,32). The van der Waals surface area contributed by atoms with E-state index in [9.17, 15) is 14.3 Å². The third-order valence-corrected chi connectivity index (χ3v) is 6.27. The molecule has 0 bridgehead atoms. The van der Waals surface area contributed by atoms with Crippen LogP contribution >= 0.6 is 0 Å². The predicted octanol–water partition coefficient (Wildman–Crippen LogP) is 6.68. The number of carboxylic acids is 1. The second-order valence-corrected chi connectivity index (χ2v) is 8.69. The fourth-order valence-corrected chi connectivity index (χ4v) is 4.93. The van der Waals surface area contributed by atoms with Gasteiger partial charge in [-0.15, -0.1) is 0 Å². The topological polar surface area (TPSA) is 68.9 Å². The van der Waals surface area contributed by atoms with Crippen molar-refractivity contribution in [1.29, 1.82) is 0 Å². The molecule has 2 aromatic heterocycles. The van der Waals surface area contributed by atoms with Crippen LogP contribution in [0.2, 0.25) is 0 Å². The van der Waals surface area contributed by atoms with Crippen LogP contribution in [0.1, 0.15) is 48.6 Å². The van der Waals surface area contributed by atoms with Crippen LogP contribution in [0.25, 0.3) is 39.4 Å². The van der Waals surface area contributed by atoms with Crippen LogP contribution in [0.15, 0.2) is 48.7 Å². The van der Waals surface area contributed by atoms with Gasteiger partial charge in [0.15, 0.2) is 0 Å². The summed E-state index contributed by atoms with van der Waals surface area (Å²) in [7, 11) is 0. The number of H-pyrrole nitrogens is 2. The number of aromatic amines is 2. The molecule has 0 radical (unpaired) electrons. The molecular weight excluding hydrogens is 403 g/mol. The van der Waals surface area contributed by atoms with Crippen molar-refractivity contribution in [3.05, 3.63) is 76.9 Å². The SMILES string of the molecule is CC(C)c1c(-c2cc(F)cc3[nH]ccc23)[nH]c(CCC(=O)O)c1-c1cccc2c1C=CC2. The predicted molar refractivity (Wildman–Crippen MR) is 126 cm³/mol. The van der Waals surface area contributed by atoms with Crippen molar-refractivity contribution in [1.82, 2.24) is 9.97 Å². The van der Waals surface area contributed by atoms with Gasteiger partial charge in [0.25, 0.3) is 0 Å². The lowest BCUT2D eigenvalue weighted by Gasteiger charge is -2.15. The normalized spacial score (nSPS) is 12.8. The van der Waals surface area contributed by atoms with E-state index in [2.05, 4.69) is 54.2 Å². The Morgan fingerprint density at radius 3 is 2.81 bits per heavy atom. The summed E-state index contributed by atoms with van der Waals surface area (Å²) in [6, 6.07) is 11.3. The summed E-state index contributed by atoms with van der Waals surface area (Å²) in [4.78, 5) is 18.0. The van der Waals surface area contributed by atoms with Crippen LogP contribution < -0.4 is 0 Å². The lowest BCUT2D eigenvalue weighted by atomic mass is 9.87. The quantitative estimate of drug-likeness (QED) is 0.321. The Morgan fingerprint density at radius 1 is 1.19 bits per heavy atom. The number of hydrogen-bond acceptors (Lipinski definition) is 1. The number of benzene rings is 2. The summed E-state index contributed by atoms with van der Waals surface area (Å²) in [5.74, 6) is -1.00. The zero-order valence-corrected chi connectivity index (χ0v) is 18.1. The van der Waals surface area contributed by atoms with Crippen LogP contribution in [-0.4, -0.2) is 21.0 Å². The highest BCUT2D eigenvalue weighted by atomic mass is 19.1. The van der Waals surface area contributed by atoms with Gasteiger partial charge in [0.05, 0.1) is 12.1 Å². The lowest BCUT2D eigenvalue weighted by Crippen LogP contribution is -2.00. The van der Waals surface area contributed by atoms with E-state index < -0.39 is 5.97 Å². The number of aliphatic carboxylic acids is 1. The van der Waals surface area contributed by atoms with Crippen molar-refractivity contribution in [3.63, 3.8) is 0 Å². The summed E-state index contributed by atoms with van der Waals surface area (Å²) in [6.07, 6.45) is 7.42. The zero-order chi connectivity index (χ0) is 22.4. The molecule has 0 fully saturated rings. The fourth-order valence-electron chi connectivity index (χ4n) is 4.93. The molecule has 0 saturated carbocycles. The molecule has 0 amide bonds. The first-order valence-electron chi connectivity index (χ1n) is 11.0. The van der Waals surface area contributed by atoms with Crippen molar-refractivity contribution in [3.8, 4) is 22.4 Å². The van der Waals surface area contributed by atoms with Gasteiger partial charge in [0, 0.05) is 33.9 Å².